The largest absolute Gasteiger partial charge is 0.502 e. The number of nitro benzene ring substituents is 1. The molecule has 120 valence electrons. The van der Waals surface area contributed by atoms with Gasteiger partial charge in [-0.1, -0.05) is 15.9 Å². The smallest absolute Gasteiger partial charge is 0.312 e. The molecule has 0 spiro atoms. The van der Waals surface area contributed by atoms with Crippen LogP contribution in [0, 0.1) is 10.1 Å². The molecular weight excluding hydrogens is 385 g/mol. The normalized spacial score (nSPS) is 16.5. The second kappa shape index (κ2) is 8.75. The number of benzene rings is 1. The first-order valence-electron chi connectivity index (χ1n) is 6.12. The fraction of sp³-hybridized carbons (Fsp3) is 0.500. The molecule has 1 saturated heterocycles. The van der Waals surface area contributed by atoms with Crippen LogP contribution in [0.15, 0.2) is 16.6 Å². The van der Waals surface area contributed by atoms with Crippen LogP contribution in [-0.4, -0.2) is 41.1 Å². The number of phenolic OH excluding ortho intramolecular Hbond substituents is 1. The van der Waals surface area contributed by atoms with Crippen LogP contribution in [-0.2, 0) is 0 Å². The molecule has 1 atom stereocenters. The first-order valence-corrected chi connectivity index (χ1v) is 6.91. The number of halogens is 3. The number of phenols is 1. The summed E-state index contributed by atoms with van der Waals surface area (Å²) in [5.41, 5.74) is 0.328. The molecule has 0 saturated carbocycles. The lowest BCUT2D eigenvalue weighted by molar-refractivity contribution is -0.386. The van der Waals surface area contributed by atoms with E-state index in [1.54, 1.807) is 6.07 Å². The van der Waals surface area contributed by atoms with Crippen LogP contribution in [0.2, 0.25) is 0 Å². The highest BCUT2D eigenvalue weighted by Crippen LogP contribution is 2.38. The van der Waals surface area contributed by atoms with Gasteiger partial charge in [-0.3, -0.25) is 15.0 Å². The average Bonchev–Trinajstić information content (AvgIpc) is 2.41. The van der Waals surface area contributed by atoms with Crippen molar-refractivity contribution in [1.82, 2.24) is 10.2 Å². The second-order valence-corrected chi connectivity index (χ2v) is 5.50. The zero-order valence-electron chi connectivity index (χ0n) is 11.4. The lowest BCUT2D eigenvalue weighted by atomic mass is 10.0. The van der Waals surface area contributed by atoms with Gasteiger partial charge < -0.3 is 10.4 Å². The van der Waals surface area contributed by atoms with E-state index in [2.05, 4.69) is 26.1 Å². The van der Waals surface area contributed by atoms with Gasteiger partial charge in [-0.25, -0.2) is 0 Å². The van der Waals surface area contributed by atoms with Crippen molar-refractivity contribution in [3.63, 3.8) is 0 Å². The summed E-state index contributed by atoms with van der Waals surface area (Å²) in [4.78, 5) is 12.6. The molecule has 1 aliphatic heterocycles. The van der Waals surface area contributed by atoms with Gasteiger partial charge in [0.15, 0.2) is 5.75 Å². The van der Waals surface area contributed by atoms with Gasteiger partial charge >= 0.3 is 5.69 Å². The number of nitrogens with zero attached hydrogens (tertiary/aromatic N) is 2. The molecule has 2 N–H and O–H groups in total. The first kappa shape index (κ1) is 20.4. The number of rotatable bonds is 3. The number of hydrogen-bond donors (Lipinski definition) is 2. The van der Waals surface area contributed by atoms with Crippen LogP contribution in [0.4, 0.5) is 5.69 Å². The quantitative estimate of drug-likeness (QED) is 0.600. The molecule has 0 radical (unpaired) electrons. The number of piperazine rings is 1. The van der Waals surface area contributed by atoms with Crippen molar-refractivity contribution in [2.75, 3.05) is 26.2 Å². The molecular formula is C12H18BrCl2N3O3. The monoisotopic (exact) mass is 401 g/mol. The Morgan fingerprint density at radius 1 is 1.38 bits per heavy atom. The zero-order chi connectivity index (χ0) is 14.0. The number of nitrogens with one attached hydrogen (secondary N) is 1. The van der Waals surface area contributed by atoms with Crippen molar-refractivity contribution in [1.29, 1.82) is 0 Å². The Morgan fingerprint density at radius 3 is 2.48 bits per heavy atom. The molecule has 0 aromatic heterocycles. The van der Waals surface area contributed by atoms with Crippen LogP contribution >= 0.6 is 40.7 Å². The molecule has 21 heavy (non-hydrogen) atoms. The third-order valence-electron chi connectivity index (χ3n) is 3.43. The van der Waals surface area contributed by atoms with Crippen molar-refractivity contribution in [2.24, 2.45) is 0 Å². The van der Waals surface area contributed by atoms with Crippen LogP contribution < -0.4 is 5.32 Å². The third kappa shape index (κ3) is 4.69. The van der Waals surface area contributed by atoms with Crippen LogP contribution in [0.3, 0.4) is 0 Å². The zero-order valence-corrected chi connectivity index (χ0v) is 14.6. The summed E-state index contributed by atoms with van der Waals surface area (Å²) in [5.74, 6) is -0.237. The molecule has 1 fully saturated rings. The van der Waals surface area contributed by atoms with Gasteiger partial charge in [0.25, 0.3) is 0 Å². The Labute approximate surface area is 144 Å². The van der Waals surface area contributed by atoms with E-state index >= 15 is 0 Å². The maximum absolute atomic E-state index is 10.9. The molecule has 1 aromatic carbocycles. The molecule has 9 heteroatoms. The predicted molar refractivity (Wildman–Crippen MR) is 89.8 cm³/mol. The van der Waals surface area contributed by atoms with Crippen molar-refractivity contribution in [3.05, 3.63) is 32.3 Å². The van der Waals surface area contributed by atoms with Gasteiger partial charge in [-0.05, 0) is 13.0 Å². The third-order valence-corrected chi connectivity index (χ3v) is 3.89. The van der Waals surface area contributed by atoms with E-state index in [0.717, 1.165) is 26.2 Å². The van der Waals surface area contributed by atoms with Crippen molar-refractivity contribution >= 4 is 46.4 Å². The van der Waals surface area contributed by atoms with E-state index in [1.165, 1.54) is 6.07 Å². The maximum atomic E-state index is 10.9. The maximum Gasteiger partial charge on any atom is 0.312 e. The Morgan fingerprint density at radius 2 is 1.95 bits per heavy atom. The minimum absolute atomic E-state index is 0. The minimum Gasteiger partial charge on any atom is -0.502 e. The van der Waals surface area contributed by atoms with E-state index in [1.807, 2.05) is 6.92 Å². The van der Waals surface area contributed by atoms with Crippen molar-refractivity contribution in [2.45, 2.75) is 13.0 Å². The van der Waals surface area contributed by atoms with Gasteiger partial charge in [0.1, 0.15) is 0 Å². The minimum atomic E-state index is -0.561. The van der Waals surface area contributed by atoms with Gasteiger partial charge in [-0.15, -0.1) is 24.8 Å². The summed E-state index contributed by atoms with van der Waals surface area (Å²) in [5, 5.41) is 24.3. The molecule has 6 nitrogen and oxygen atoms in total. The van der Waals surface area contributed by atoms with E-state index < -0.39 is 4.92 Å². The van der Waals surface area contributed by atoms with Crippen LogP contribution in [0.5, 0.6) is 5.75 Å². The van der Waals surface area contributed by atoms with Gasteiger partial charge in [0.05, 0.1) is 4.92 Å². The van der Waals surface area contributed by atoms with Gasteiger partial charge in [0, 0.05) is 48.3 Å². The molecule has 1 heterocycles. The van der Waals surface area contributed by atoms with Crippen molar-refractivity contribution < 1.29 is 10.0 Å². The average molecular weight is 403 g/mol. The fourth-order valence-electron chi connectivity index (χ4n) is 2.33. The Kier molecular flexibility index (Phi) is 8.50. The van der Waals surface area contributed by atoms with Crippen LogP contribution in [0.1, 0.15) is 18.5 Å². The van der Waals surface area contributed by atoms with Gasteiger partial charge in [0.2, 0.25) is 0 Å². The molecule has 1 aliphatic rings. The topological polar surface area (TPSA) is 78.6 Å². The summed E-state index contributed by atoms with van der Waals surface area (Å²) in [6.45, 7) is 5.46. The number of nitro groups is 1. The van der Waals surface area contributed by atoms with Crippen LogP contribution in [0.25, 0.3) is 0 Å². The van der Waals surface area contributed by atoms with Crippen molar-refractivity contribution in [3.8, 4) is 5.75 Å². The molecule has 0 aliphatic carbocycles. The van der Waals surface area contributed by atoms with E-state index in [0.29, 0.717) is 10.0 Å². The summed E-state index contributed by atoms with van der Waals surface area (Å²) in [7, 11) is 0. The van der Waals surface area contributed by atoms with E-state index in [9.17, 15) is 15.2 Å². The molecule has 0 amide bonds. The lowest BCUT2D eigenvalue weighted by Crippen LogP contribution is -2.44. The highest BCUT2D eigenvalue weighted by molar-refractivity contribution is 9.10. The molecule has 2 rings (SSSR count). The predicted octanol–water partition coefficient (Wildman–Crippen LogP) is 2.87. The molecule has 1 aromatic rings. The highest BCUT2D eigenvalue weighted by Gasteiger charge is 2.25. The summed E-state index contributed by atoms with van der Waals surface area (Å²) in [6, 6.07) is 3.01. The number of aromatic hydroxyl groups is 1. The van der Waals surface area contributed by atoms with Gasteiger partial charge in [-0.2, -0.15) is 0 Å². The van der Waals surface area contributed by atoms with E-state index in [4.69, 9.17) is 0 Å². The first-order chi connectivity index (χ1) is 9.00. The molecule has 0 unspecified atom stereocenters. The second-order valence-electron chi connectivity index (χ2n) is 4.58. The Balaban J connectivity index is 0.00000200. The lowest BCUT2D eigenvalue weighted by Gasteiger charge is -2.33. The Bertz CT molecular complexity index is 499. The Hall–Kier alpha value is -0.600. The fourth-order valence-corrected chi connectivity index (χ4v) is 2.79. The SMILES string of the molecule is C[C@H](c1cc(Br)cc([N+](=O)[O-])c1O)N1CCNCC1.Cl.Cl. The van der Waals surface area contributed by atoms with E-state index in [-0.39, 0.29) is 42.3 Å². The molecule has 0 bridgehead atoms. The summed E-state index contributed by atoms with van der Waals surface area (Å²) in [6.07, 6.45) is 0. The highest BCUT2D eigenvalue weighted by atomic mass is 79.9. The standard InChI is InChI=1S/C12H16BrN3O3.2ClH/c1-8(15-4-2-14-3-5-15)10-6-9(13)7-11(12(10)17)16(18)19;;/h6-8,14,17H,2-5H2,1H3;2*1H/t8-;;/m1../s1. The summed E-state index contributed by atoms with van der Waals surface area (Å²) >= 11 is 3.26. The number of hydrogen-bond acceptors (Lipinski definition) is 5. The summed E-state index contributed by atoms with van der Waals surface area (Å²) < 4.78 is 0.606.